The third-order valence-corrected chi connectivity index (χ3v) is 4.45. The summed E-state index contributed by atoms with van der Waals surface area (Å²) in [6.45, 7) is 1.90. The summed E-state index contributed by atoms with van der Waals surface area (Å²) in [6, 6.07) is 5.54. The molecule has 0 N–H and O–H groups in total. The summed E-state index contributed by atoms with van der Waals surface area (Å²) in [5.41, 5.74) is -0.882. The number of nitriles is 1. The highest BCUT2D eigenvalue weighted by Gasteiger charge is 2.36. The van der Waals surface area contributed by atoms with Crippen molar-refractivity contribution in [3.63, 3.8) is 0 Å². The van der Waals surface area contributed by atoms with E-state index in [-0.39, 0.29) is 17.0 Å². The SMILES string of the molecule is CCC(CS(C)=O)n1ccc2c(C(F)(F)F)c(C#N)ccc21. The van der Waals surface area contributed by atoms with E-state index in [4.69, 9.17) is 5.26 Å². The van der Waals surface area contributed by atoms with Gasteiger partial charge in [0, 0.05) is 45.9 Å². The monoisotopic (exact) mass is 328 g/mol. The van der Waals surface area contributed by atoms with Gasteiger partial charge in [0.15, 0.2) is 0 Å². The molecule has 0 aliphatic rings. The Labute approximate surface area is 128 Å². The quantitative estimate of drug-likeness (QED) is 0.855. The summed E-state index contributed by atoms with van der Waals surface area (Å²) in [5, 5.41) is 8.93. The fourth-order valence-electron chi connectivity index (χ4n) is 2.62. The molecule has 2 unspecified atom stereocenters. The first-order chi connectivity index (χ1) is 10.3. The molecule has 1 heterocycles. The molecule has 3 nitrogen and oxygen atoms in total. The van der Waals surface area contributed by atoms with Crippen molar-refractivity contribution in [2.75, 3.05) is 12.0 Å². The molecule has 2 rings (SSSR count). The zero-order valence-corrected chi connectivity index (χ0v) is 13.0. The van der Waals surface area contributed by atoms with Gasteiger partial charge in [-0.1, -0.05) is 6.92 Å². The van der Waals surface area contributed by atoms with E-state index in [1.165, 1.54) is 18.2 Å². The fourth-order valence-corrected chi connectivity index (χ4v) is 3.56. The number of aromatic nitrogens is 1. The van der Waals surface area contributed by atoms with E-state index in [1.54, 1.807) is 23.1 Å². The van der Waals surface area contributed by atoms with Crippen LogP contribution in [-0.2, 0) is 17.0 Å². The number of rotatable bonds is 4. The predicted molar refractivity (Wildman–Crippen MR) is 79.9 cm³/mol. The normalized spacial score (nSPS) is 14.7. The maximum Gasteiger partial charge on any atom is 0.418 e. The molecule has 2 atom stereocenters. The minimum atomic E-state index is -4.59. The van der Waals surface area contributed by atoms with E-state index >= 15 is 0 Å². The first-order valence-electron chi connectivity index (χ1n) is 6.70. The molecule has 118 valence electrons. The van der Waals surface area contributed by atoms with Gasteiger partial charge in [-0.25, -0.2) is 0 Å². The zero-order valence-electron chi connectivity index (χ0n) is 12.1. The van der Waals surface area contributed by atoms with Crippen molar-refractivity contribution in [1.29, 1.82) is 5.26 Å². The molecule has 0 aliphatic carbocycles. The van der Waals surface area contributed by atoms with Gasteiger partial charge >= 0.3 is 6.18 Å². The van der Waals surface area contributed by atoms with Crippen LogP contribution in [0.25, 0.3) is 10.9 Å². The Morgan fingerprint density at radius 3 is 2.55 bits per heavy atom. The average molecular weight is 328 g/mol. The molecule has 0 saturated heterocycles. The first kappa shape index (κ1) is 16.6. The van der Waals surface area contributed by atoms with Gasteiger partial charge in [0.1, 0.15) is 0 Å². The second-order valence-electron chi connectivity index (χ2n) is 5.06. The number of benzene rings is 1. The maximum atomic E-state index is 13.3. The smallest absolute Gasteiger partial charge is 0.343 e. The van der Waals surface area contributed by atoms with E-state index in [0.717, 1.165) is 0 Å². The highest BCUT2D eigenvalue weighted by atomic mass is 32.2. The molecule has 2 aromatic rings. The Balaban J connectivity index is 2.68. The van der Waals surface area contributed by atoms with Gasteiger partial charge in [0.2, 0.25) is 0 Å². The fraction of sp³-hybridized carbons (Fsp3) is 0.400. The number of hydrogen-bond acceptors (Lipinski definition) is 2. The third-order valence-electron chi connectivity index (χ3n) is 3.60. The Kier molecular flexibility index (Phi) is 4.61. The average Bonchev–Trinajstić information content (AvgIpc) is 2.85. The lowest BCUT2D eigenvalue weighted by Crippen LogP contribution is -2.15. The molecule has 0 radical (unpaired) electrons. The zero-order chi connectivity index (χ0) is 16.5. The number of nitrogens with zero attached hydrogens (tertiary/aromatic N) is 2. The number of hydrogen-bond donors (Lipinski definition) is 0. The van der Waals surface area contributed by atoms with Crippen LogP contribution in [0.5, 0.6) is 0 Å². The van der Waals surface area contributed by atoms with Crippen LogP contribution in [-0.4, -0.2) is 20.8 Å². The van der Waals surface area contributed by atoms with Gasteiger partial charge in [-0.3, -0.25) is 4.21 Å². The summed E-state index contributed by atoms with van der Waals surface area (Å²) < 4.78 is 52.9. The van der Waals surface area contributed by atoms with Gasteiger partial charge in [-0.05, 0) is 24.6 Å². The molecule has 0 saturated carbocycles. The molecular weight excluding hydrogens is 313 g/mol. The van der Waals surface area contributed by atoms with Gasteiger partial charge < -0.3 is 4.57 Å². The van der Waals surface area contributed by atoms with Crippen molar-refractivity contribution in [2.45, 2.75) is 25.6 Å². The van der Waals surface area contributed by atoms with E-state index in [1.807, 2.05) is 6.92 Å². The van der Waals surface area contributed by atoms with Crippen LogP contribution in [0.3, 0.4) is 0 Å². The van der Waals surface area contributed by atoms with Crippen molar-refractivity contribution in [1.82, 2.24) is 4.57 Å². The van der Waals surface area contributed by atoms with Crippen LogP contribution in [0, 0.1) is 11.3 Å². The van der Waals surface area contributed by atoms with E-state index in [9.17, 15) is 17.4 Å². The van der Waals surface area contributed by atoms with Crippen LogP contribution < -0.4 is 0 Å². The third kappa shape index (κ3) is 3.02. The summed E-state index contributed by atoms with van der Waals surface area (Å²) in [6.07, 6.45) is -0.790. The molecule has 1 aromatic carbocycles. The van der Waals surface area contributed by atoms with Crippen molar-refractivity contribution in [3.8, 4) is 6.07 Å². The standard InChI is InChI=1S/C15H15F3N2OS/c1-3-11(9-22(2)21)20-7-6-12-13(20)5-4-10(8-19)14(12)15(16,17)18/h4-7,11H,3,9H2,1-2H3. The van der Waals surface area contributed by atoms with Crippen LogP contribution in [0.2, 0.25) is 0 Å². The summed E-state index contributed by atoms with van der Waals surface area (Å²) in [5.74, 6) is 0.377. The second-order valence-corrected chi connectivity index (χ2v) is 6.54. The Hall–Kier alpha value is -1.81. The maximum absolute atomic E-state index is 13.3. The van der Waals surface area contributed by atoms with Gasteiger partial charge in [-0.15, -0.1) is 0 Å². The minimum absolute atomic E-state index is 0.00638. The molecule has 0 spiro atoms. The number of fused-ring (bicyclic) bond motifs is 1. The molecule has 1 aromatic heterocycles. The van der Waals surface area contributed by atoms with Crippen molar-refractivity contribution < 1.29 is 17.4 Å². The summed E-state index contributed by atoms with van der Waals surface area (Å²) in [7, 11) is -1.05. The highest BCUT2D eigenvalue weighted by Crippen LogP contribution is 2.38. The van der Waals surface area contributed by atoms with Gasteiger partial charge in [0.25, 0.3) is 0 Å². The molecule has 0 bridgehead atoms. The van der Waals surface area contributed by atoms with E-state index in [0.29, 0.717) is 17.7 Å². The van der Waals surface area contributed by atoms with Crippen molar-refractivity contribution >= 4 is 21.7 Å². The van der Waals surface area contributed by atoms with Gasteiger partial charge in [-0.2, -0.15) is 18.4 Å². The number of alkyl halides is 3. The first-order valence-corrected chi connectivity index (χ1v) is 8.43. The lowest BCUT2D eigenvalue weighted by atomic mass is 10.0. The minimum Gasteiger partial charge on any atom is -0.343 e. The molecule has 0 amide bonds. The lowest BCUT2D eigenvalue weighted by Gasteiger charge is -2.18. The van der Waals surface area contributed by atoms with Crippen molar-refractivity contribution in [3.05, 3.63) is 35.5 Å². The predicted octanol–water partition coefficient (Wildman–Crippen LogP) is 3.86. The Morgan fingerprint density at radius 1 is 1.36 bits per heavy atom. The molecule has 7 heteroatoms. The van der Waals surface area contributed by atoms with Crippen LogP contribution >= 0.6 is 0 Å². The summed E-state index contributed by atoms with van der Waals surface area (Å²) in [4.78, 5) is 0. The molecule has 0 aliphatic heterocycles. The van der Waals surface area contributed by atoms with E-state index < -0.39 is 22.5 Å². The lowest BCUT2D eigenvalue weighted by molar-refractivity contribution is -0.136. The Bertz CT molecular complexity index is 758. The van der Waals surface area contributed by atoms with E-state index in [2.05, 4.69) is 0 Å². The highest BCUT2D eigenvalue weighted by molar-refractivity contribution is 7.84. The van der Waals surface area contributed by atoms with Crippen LogP contribution in [0.4, 0.5) is 13.2 Å². The topological polar surface area (TPSA) is 45.8 Å². The molecule has 22 heavy (non-hydrogen) atoms. The number of halogens is 3. The Morgan fingerprint density at radius 2 is 2.05 bits per heavy atom. The molecule has 0 fully saturated rings. The largest absolute Gasteiger partial charge is 0.418 e. The van der Waals surface area contributed by atoms with Crippen molar-refractivity contribution in [2.24, 2.45) is 0 Å². The molecular formula is C15H15F3N2OS. The summed E-state index contributed by atoms with van der Waals surface area (Å²) >= 11 is 0. The van der Waals surface area contributed by atoms with Gasteiger partial charge in [0.05, 0.1) is 17.2 Å². The van der Waals surface area contributed by atoms with Crippen LogP contribution in [0.1, 0.15) is 30.5 Å². The second kappa shape index (κ2) is 6.13. The van der Waals surface area contributed by atoms with Crippen LogP contribution in [0.15, 0.2) is 24.4 Å².